The van der Waals surface area contributed by atoms with Crippen LogP contribution >= 0.6 is 0 Å². The molecule has 0 saturated heterocycles. The normalized spacial score (nSPS) is 10.7. The lowest BCUT2D eigenvalue weighted by molar-refractivity contribution is -0.274. The van der Waals surface area contributed by atoms with E-state index in [-0.39, 0.29) is 16.7 Å². The van der Waals surface area contributed by atoms with E-state index in [9.17, 15) is 18.0 Å². The number of halogens is 3. The number of benzene rings is 1. The Balaban J connectivity index is 3.32. The molecule has 0 bridgehead atoms. The Kier molecular flexibility index (Phi) is 3.81. The zero-order valence-electron chi connectivity index (χ0n) is 9.46. The number of rotatable bonds is 2. The summed E-state index contributed by atoms with van der Waals surface area (Å²) in [6.45, 7) is 1.40. The molecule has 0 atom stereocenters. The fraction of sp³-hybridized carbons (Fsp3) is 0.273. The van der Waals surface area contributed by atoms with Gasteiger partial charge in [0.2, 0.25) is 0 Å². The molecule has 96 valence electrons. The van der Waals surface area contributed by atoms with E-state index in [0.717, 1.165) is 19.2 Å². The van der Waals surface area contributed by atoms with Crippen LogP contribution in [-0.4, -0.2) is 19.4 Å². The number of nitrogens with zero attached hydrogens (tertiary/aromatic N) is 1. The van der Waals surface area contributed by atoms with Crippen molar-refractivity contribution >= 4 is 5.97 Å². The maximum Gasteiger partial charge on any atom is 0.573 e. The summed E-state index contributed by atoms with van der Waals surface area (Å²) >= 11 is 0. The van der Waals surface area contributed by atoms with E-state index >= 15 is 0 Å². The maximum absolute atomic E-state index is 12.1. The molecule has 1 aromatic rings. The monoisotopic (exact) mass is 259 g/mol. The highest BCUT2D eigenvalue weighted by Gasteiger charge is 2.32. The van der Waals surface area contributed by atoms with Crippen LogP contribution < -0.4 is 4.74 Å². The molecule has 1 rings (SSSR count). The van der Waals surface area contributed by atoms with Crippen LogP contribution in [0.4, 0.5) is 13.2 Å². The second-order valence-electron chi connectivity index (χ2n) is 3.31. The average molecular weight is 259 g/mol. The molecule has 0 aromatic heterocycles. The van der Waals surface area contributed by atoms with Gasteiger partial charge in [-0.3, -0.25) is 0 Å². The molecular formula is C11H8F3NO3. The van der Waals surface area contributed by atoms with Gasteiger partial charge in [0.05, 0.1) is 18.2 Å². The van der Waals surface area contributed by atoms with Gasteiger partial charge in [0, 0.05) is 0 Å². The average Bonchev–Trinajstić information content (AvgIpc) is 2.25. The molecule has 7 heteroatoms. The number of methoxy groups -OCH3 is 1. The molecule has 0 aliphatic heterocycles. The summed E-state index contributed by atoms with van der Waals surface area (Å²) in [7, 11) is 1.07. The lowest BCUT2D eigenvalue weighted by atomic mass is 10.0. The first-order valence-corrected chi connectivity index (χ1v) is 4.67. The molecule has 0 saturated carbocycles. The van der Waals surface area contributed by atoms with Crippen molar-refractivity contribution in [3.63, 3.8) is 0 Å². The number of carbonyl (C=O) groups excluding carboxylic acids is 1. The summed E-state index contributed by atoms with van der Waals surface area (Å²) in [5.74, 6) is -1.47. The Morgan fingerprint density at radius 2 is 2.00 bits per heavy atom. The molecule has 0 unspecified atom stereocenters. The van der Waals surface area contributed by atoms with Gasteiger partial charge < -0.3 is 9.47 Å². The van der Waals surface area contributed by atoms with E-state index in [1.807, 2.05) is 0 Å². The number of esters is 1. The van der Waals surface area contributed by atoms with Crippen LogP contribution in [0.1, 0.15) is 21.5 Å². The molecule has 0 spiro atoms. The molecule has 0 fully saturated rings. The van der Waals surface area contributed by atoms with E-state index in [1.54, 1.807) is 6.07 Å². The fourth-order valence-electron chi connectivity index (χ4n) is 1.37. The summed E-state index contributed by atoms with van der Waals surface area (Å²) in [6, 6.07) is 3.58. The van der Waals surface area contributed by atoms with Gasteiger partial charge in [0.15, 0.2) is 0 Å². The van der Waals surface area contributed by atoms with Gasteiger partial charge in [-0.05, 0) is 24.6 Å². The highest BCUT2D eigenvalue weighted by atomic mass is 19.4. The van der Waals surface area contributed by atoms with Crippen LogP contribution in [0.3, 0.4) is 0 Å². The van der Waals surface area contributed by atoms with Crippen molar-refractivity contribution in [3.8, 4) is 11.8 Å². The quantitative estimate of drug-likeness (QED) is 0.766. The summed E-state index contributed by atoms with van der Waals surface area (Å²) < 4.78 is 44.3. The number of ether oxygens (including phenoxy) is 2. The Morgan fingerprint density at radius 1 is 1.39 bits per heavy atom. The summed E-state index contributed by atoms with van der Waals surface area (Å²) in [6.07, 6.45) is -4.87. The van der Waals surface area contributed by atoms with Crippen molar-refractivity contribution in [2.45, 2.75) is 13.3 Å². The van der Waals surface area contributed by atoms with E-state index < -0.39 is 18.1 Å². The van der Waals surface area contributed by atoms with Gasteiger partial charge in [0.1, 0.15) is 11.8 Å². The minimum Gasteiger partial charge on any atom is -0.465 e. The molecule has 0 amide bonds. The van der Waals surface area contributed by atoms with Crippen LogP contribution in [0, 0.1) is 18.3 Å². The van der Waals surface area contributed by atoms with Gasteiger partial charge in [-0.2, -0.15) is 5.26 Å². The Bertz CT molecular complexity index is 517. The second-order valence-corrected chi connectivity index (χ2v) is 3.31. The van der Waals surface area contributed by atoms with Gasteiger partial charge in [0.25, 0.3) is 0 Å². The van der Waals surface area contributed by atoms with Gasteiger partial charge in [-0.25, -0.2) is 4.79 Å². The van der Waals surface area contributed by atoms with Crippen molar-refractivity contribution in [1.82, 2.24) is 0 Å². The third-order valence-corrected chi connectivity index (χ3v) is 2.06. The highest BCUT2D eigenvalue weighted by Crippen LogP contribution is 2.27. The minimum absolute atomic E-state index is 0.0450. The fourth-order valence-corrected chi connectivity index (χ4v) is 1.37. The molecule has 4 nitrogen and oxygen atoms in total. The first-order chi connectivity index (χ1) is 8.28. The van der Waals surface area contributed by atoms with Gasteiger partial charge >= 0.3 is 12.3 Å². The Hall–Kier alpha value is -2.23. The van der Waals surface area contributed by atoms with E-state index in [0.29, 0.717) is 0 Å². The molecule has 0 N–H and O–H groups in total. The first-order valence-electron chi connectivity index (χ1n) is 4.67. The lowest BCUT2D eigenvalue weighted by Gasteiger charge is -2.12. The number of nitriles is 1. The van der Waals surface area contributed by atoms with Crippen molar-refractivity contribution in [1.29, 1.82) is 5.26 Å². The number of hydrogen-bond donors (Lipinski definition) is 0. The Morgan fingerprint density at radius 3 is 2.44 bits per heavy atom. The molecular weight excluding hydrogens is 251 g/mol. The predicted molar refractivity (Wildman–Crippen MR) is 53.9 cm³/mol. The smallest absolute Gasteiger partial charge is 0.465 e. The van der Waals surface area contributed by atoms with Gasteiger partial charge in [-0.1, -0.05) is 0 Å². The van der Waals surface area contributed by atoms with Crippen LogP contribution in [-0.2, 0) is 4.74 Å². The maximum atomic E-state index is 12.1. The second kappa shape index (κ2) is 4.96. The van der Waals surface area contributed by atoms with E-state index in [2.05, 4.69) is 9.47 Å². The number of carbonyl (C=O) groups is 1. The first kappa shape index (κ1) is 13.8. The van der Waals surface area contributed by atoms with Crippen LogP contribution in [0.25, 0.3) is 0 Å². The number of alkyl halides is 3. The largest absolute Gasteiger partial charge is 0.573 e. The molecule has 0 aliphatic rings. The van der Waals surface area contributed by atoms with Crippen molar-refractivity contribution in [2.75, 3.05) is 7.11 Å². The SMILES string of the molecule is COC(=O)c1cc(OC(F)(F)F)cc(C)c1C#N. The highest BCUT2D eigenvalue weighted by molar-refractivity contribution is 5.93. The van der Waals surface area contributed by atoms with Crippen molar-refractivity contribution in [2.24, 2.45) is 0 Å². The standard InChI is InChI=1S/C11H8F3NO3/c1-6-3-7(18-11(12,13)14)4-8(9(6)5-15)10(16)17-2/h3-4H,1-2H3. The van der Waals surface area contributed by atoms with Crippen LogP contribution in [0.5, 0.6) is 5.75 Å². The Labute approximate surface area is 101 Å². The topological polar surface area (TPSA) is 59.3 Å². The summed E-state index contributed by atoms with van der Waals surface area (Å²) in [5, 5.41) is 8.85. The van der Waals surface area contributed by atoms with E-state index in [4.69, 9.17) is 5.26 Å². The third-order valence-electron chi connectivity index (χ3n) is 2.06. The molecule has 0 aliphatic carbocycles. The van der Waals surface area contributed by atoms with E-state index in [1.165, 1.54) is 6.92 Å². The summed E-state index contributed by atoms with van der Waals surface area (Å²) in [4.78, 5) is 11.4. The zero-order chi connectivity index (χ0) is 13.9. The number of hydrogen-bond acceptors (Lipinski definition) is 4. The van der Waals surface area contributed by atoms with Crippen molar-refractivity contribution < 1.29 is 27.4 Å². The van der Waals surface area contributed by atoms with Crippen LogP contribution in [0.15, 0.2) is 12.1 Å². The third kappa shape index (κ3) is 3.13. The van der Waals surface area contributed by atoms with Crippen LogP contribution in [0.2, 0.25) is 0 Å². The number of aryl methyl sites for hydroxylation is 1. The molecule has 0 radical (unpaired) electrons. The van der Waals surface area contributed by atoms with Crippen molar-refractivity contribution in [3.05, 3.63) is 28.8 Å². The molecule has 18 heavy (non-hydrogen) atoms. The molecule has 1 aromatic carbocycles. The minimum atomic E-state index is -4.87. The predicted octanol–water partition coefficient (Wildman–Crippen LogP) is 2.55. The van der Waals surface area contributed by atoms with Gasteiger partial charge in [-0.15, -0.1) is 13.2 Å². The molecule has 0 heterocycles. The zero-order valence-corrected chi connectivity index (χ0v) is 9.46. The lowest BCUT2D eigenvalue weighted by Crippen LogP contribution is -2.18. The summed E-state index contributed by atoms with van der Waals surface area (Å²) in [5.41, 5.74) is -0.115.